The Morgan fingerprint density at radius 3 is 2.35 bits per heavy atom. The van der Waals surface area contributed by atoms with Gasteiger partial charge >= 0.3 is 6.18 Å². The summed E-state index contributed by atoms with van der Waals surface area (Å²) >= 11 is 1.55. The fourth-order valence-electron chi connectivity index (χ4n) is 2.77. The van der Waals surface area contributed by atoms with Crippen molar-refractivity contribution in [2.45, 2.75) is 58.0 Å². The van der Waals surface area contributed by atoms with Crippen molar-refractivity contribution in [2.75, 3.05) is 0 Å². The zero-order chi connectivity index (χ0) is 16.7. The van der Waals surface area contributed by atoms with Crippen molar-refractivity contribution in [2.24, 2.45) is 0 Å². The molecule has 0 nitrogen and oxygen atoms in total. The maximum absolute atomic E-state index is 13.2. The molecule has 0 atom stereocenters. The van der Waals surface area contributed by atoms with Crippen molar-refractivity contribution in [1.82, 2.24) is 0 Å². The Morgan fingerprint density at radius 1 is 0.957 bits per heavy atom. The minimum Gasteiger partial charge on any atom is -0.166 e. The number of benzene rings is 1. The van der Waals surface area contributed by atoms with E-state index < -0.39 is 11.7 Å². The molecule has 0 radical (unpaired) electrons. The van der Waals surface area contributed by atoms with Crippen LogP contribution in [-0.4, -0.2) is 0 Å². The first-order valence-electron chi connectivity index (χ1n) is 8.26. The van der Waals surface area contributed by atoms with Crippen LogP contribution in [0.1, 0.15) is 56.6 Å². The molecule has 2 aromatic rings. The van der Waals surface area contributed by atoms with Crippen molar-refractivity contribution in [3.63, 3.8) is 0 Å². The fraction of sp³-hybridized carbons (Fsp3) is 0.474. The molecule has 0 saturated heterocycles. The third-order valence-corrected chi connectivity index (χ3v) is 4.93. The van der Waals surface area contributed by atoms with Gasteiger partial charge < -0.3 is 0 Å². The van der Waals surface area contributed by atoms with Crippen molar-refractivity contribution in [1.29, 1.82) is 0 Å². The summed E-state index contributed by atoms with van der Waals surface area (Å²) in [5.74, 6) is 0. The number of halogens is 3. The van der Waals surface area contributed by atoms with Gasteiger partial charge in [-0.3, -0.25) is 0 Å². The van der Waals surface area contributed by atoms with E-state index in [2.05, 4.69) is 6.92 Å². The third-order valence-electron chi connectivity index (χ3n) is 4.02. The molecule has 1 heterocycles. The summed E-state index contributed by atoms with van der Waals surface area (Å²) < 4.78 is 39.6. The molecule has 1 aromatic heterocycles. The molecule has 0 spiro atoms. The van der Waals surface area contributed by atoms with Crippen LogP contribution in [-0.2, 0) is 12.6 Å². The maximum Gasteiger partial charge on any atom is 0.416 e. The SMILES string of the molecule is CCCCCCCCc1cc(-c2cccs2)ccc1C(F)(F)F. The van der Waals surface area contributed by atoms with Crippen molar-refractivity contribution in [3.8, 4) is 10.4 Å². The maximum atomic E-state index is 13.2. The Bertz CT molecular complexity index is 585. The zero-order valence-electron chi connectivity index (χ0n) is 13.5. The van der Waals surface area contributed by atoms with Crippen LogP contribution in [0.4, 0.5) is 13.2 Å². The summed E-state index contributed by atoms with van der Waals surface area (Å²) in [5.41, 5.74) is 0.833. The number of hydrogen-bond donors (Lipinski definition) is 0. The summed E-state index contributed by atoms with van der Waals surface area (Å²) in [6.07, 6.45) is 2.73. The second-order valence-electron chi connectivity index (χ2n) is 5.86. The van der Waals surface area contributed by atoms with Gasteiger partial charge in [0, 0.05) is 4.88 Å². The zero-order valence-corrected chi connectivity index (χ0v) is 14.3. The highest BCUT2D eigenvalue weighted by Crippen LogP contribution is 2.36. The molecule has 23 heavy (non-hydrogen) atoms. The molecule has 126 valence electrons. The van der Waals surface area contributed by atoms with Crippen LogP contribution in [0.3, 0.4) is 0 Å². The predicted octanol–water partition coefficient (Wildman–Crippen LogP) is 7.34. The lowest BCUT2D eigenvalue weighted by atomic mass is 9.97. The molecule has 0 bridgehead atoms. The van der Waals surface area contributed by atoms with Gasteiger partial charge in [0.1, 0.15) is 0 Å². The lowest BCUT2D eigenvalue weighted by Gasteiger charge is -2.14. The molecule has 0 fully saturated rings. The van der Waals surface area contributed by atoms with Gasteiger partial charge in [0.25, 0.3) is 0 Å². The lowest BCUT2D eigenvalue weighted by molar-refractivity contribution is -0.138. The first kappa shape index (κ1) is 18.1. The molecule has 0 aliphatic rings. The minimum absolute atomic E-state index is 0.430. The molecule has 0 amide bonds. The molecule has 0 N–H and O–H groups in total. The van der Waals surface area contributed by atoms with E-state index in [0.717, 1.165) is 29.7 Å². The first-order chi connectivity index (χ1) is 11.0. The van der Waals surface area contributed by atoms with Crippen LogP contribution in [0.15, 0.2) is 35.7 Å². The van der Waals surface area contributed by atoms with Crippen molar-refractivity contribution in [3.05, 3.63) is 46.8 Å². The molecule has 0 aliphatic heterocycles. The smallest absolute Gasteiger partial charge is 0.166 e. The number of alkyl halides is 3. The molecule has 0 unspecified atom stereocenters. The Kier molecular flexibility index (Phi) is 6.70. The number of unbranched alkanes of at least 4 members (excludes halogenated alkanes) is 5. The van der Waals surface area contributed by atoms with Crippen molar-refractivity contribution < 1.29 is 13.2 Å². The van der Waals surface area contributed by atoms with Crippen LogP contribution in [0.2, 0.25) is 0 Å². The third kappa shape index (κ3) is 5.38. The van der Waals surface area contributed by atoms with E-state index in [-0.39, 0.29) is 0 Å². The van der Waals surface area contributed by atoms with Gasteiger partial charge in [0.05, 0.1) is 5.56 Å². The Hall–Kier alpha value is -1.29. The lowest BCUT2D eigenvalue weighted by Crippen LogP contribution is -2.09. The molecule has 1 aromatic carbocycles. The quantitative estimate of drug-likeness (QED) is 0.441. The van der Waals surface area contributed by atoms with Crippen LogP contribution in [0.25, 0.3) is 10.4 Å². The normalized spacial score (nSPS) is 11.8. The van der Waals surface area contributed by atoms with Gasteiger partial charge in [-0.05, 0) is 47.5 Å². The molecule has 0 saturated carbocycles. The number of hydrogen-bond acceptors (Lipinski definition) is 1. The van der Waals surface area contributed by atoms with Crippen LogP contribution < -0.4 is 0 Å². The Morgan fingerprint density at radius 2 is 1.70 bits per heavy atom. The molecular formula is C19H23F3S. The van der Waals surface area contributed by atoms with Gasteiger partial charge in [0.2, 0.25) is 0 Å². The average molecular weight is 340 g/mol. The summed E-state index contributed by atoms with van der Waals surface area (Å²) in [6, 6.07) is 8.41. The van der Waals surface area contributed by atoms with E-state index in [4.69, 9.17) is 0 Å². The number of aryl methyl sites for hydroxylation is 1. The topological polar surface area (TPSA) is 0 Å². The van der Waals surface area contributed by atoms with Crippen LogP contribution >= 0.6 is 11.3 Å². The highest BCUT2D eigenvalue weighted by Gasteiger charge is 2.33. The first-order valence-corrected chi connectivity index (χ1v) is 9.14. The van der Waals surface area contributed by atoms with Crippen LogP contribution in [0, 0.1) is 0 Å². The van der Waals surface area contributed by atoms with Gasteiger partial charge in [-0.1, -0.05) is 51.2 Å². The average Bonchev–Trinajstić information content (AvgIpc) is 3.04. The van der Waals surface area contributed by atoms with Gasteiger partial charge in [-0.2, -0.15) is 13.2 Å². The van der Waals surface area contributed by atoms with Crippen molar-refractivity contribution >= 4 is 11.3 Å². The van der Waals surface area contributed by atoms with Crippen LogP contribution in [0.5, 0.6) is 0 Å². The number of thiophene rings is 1. The van der Waals surface area contributed by atoms with E-state index in [9.17, 15) is 13.2 Å². The van der Waals surface area contributed by atoms with Gasteiger partial charge in [-0.15, -0.1) is 11.3 Å². The Balaban J connectivity index is 2.09. The van der Waals surface area contributed by atoms with E-state index in [1.165, 1.54) is 25.3 Å². The van der Waals surface area contributed by atoms with E-state index >= 15 is 0 Å². The van der Waals surface area contributed by atoms with E-state index in [1.54, 1.807) is 23.5 Å². The highest BCUT2D eigenvalue weighted by molar-refractivity contribution is 7.13. The summed E-state index contributed by atoms with van der Waals surface area (Å²) in [7, 11) is 0. The fourth-order valence-corrected chi connectivity index (χ4v) is 3.49. The summed E-state index contributed by atoms with van der Waals surface area (Å²) in [6.45, 7) is 2.16. The summed E-state index contributed by atoms with van der Waals surface area (Å²) in [4.78, 5) is 1.02. The molecule has 0 aliphatic carbocycles. The second-order valence-corrected chi connectivity index (χ2v) is 6.81. The highest BCUT2D eigenvalue weighted by atomic mass is 32.1. The summed E-state index contributed by atoms with van der Waals surface area (Å²) in [5, 5.41) is 1.94. The van der Waals surface area contributed by atoms with E-state index in [1.807, 2.05) is 17.5 Å². The second kappa shape index (κ2) is 8.53. The molecular weight excluding hydrogens is 317 g/mol. The number of rotatable bonds is 8. The minimum atomic E-state index is -4.27. The van der Waals surface area contributed by atoms with Gasteiger partial charge in [-0.25, -0.2) is 0 Å². The molecule has 4 heteroatoms. The van der Waals surface area contributed by atoms with E-state index in [0.29, 0.717) is 12.0 Å². The Labute approximate surface area is 140 Å². The predicted molar refractivity (Wildman–Crippen MR) is 91.8 cm³/mol. The largest absolute Gasteiger partial charge is 0.416 e. The monoisotopic (exact) mass is 340 g/mol. The van der Waals surface area contributed by atoms with Gasteiger partial charge in [0.15, 0.2) is 0 Å². The molecule has 2 rings (SSSR count). The standard InChI is InChI=1S/C19H23F3S/c1-2-3-4-5-6-7-9-15-14-16(18-10-8-13-23-18)11-12-17(15)19(20,21)22/h8,10-14H,2-7,9H2,1H3.